The third-order valence-corrected chi connectivity index (χ3v) is 6.49. The molecule has 1 saturated heterocycles. The highest BCUT2D eigenvalue weighted by Crippen LogP contribution is 2.43. The van der Waals surface area contributed by atoms with Gasteiger partial charge in [0.1, 0.15) is 23.1 Å². The molecule has 3 aromatic carbocycles. The van der Waals surface area contributed by atoms with E-state index in [9.17, 15) is 19.1 Å². The van der Waals surface area contributed by atoms with Gasteiger partial charge in [-0.05, 0) is 48.0 Å². The van der Waals surface area contributed by atoms with E-state index in [-0.39, 0.29) is 22.8 Å². The Labute approximate surface area is 217 Å². The second kappa shape index (κ2) is 9.55. The number of halogens is 1. The van der Waals surface area contributed by atoms with Crippen LogP contribution in [0.25, 0.3) is 16.8 Å². The largest absolute Gasteiger partial charge is 0.507 e. The fourth-order valence-corrected chi connectivity index (χ4v) is 4.55. The lowest BCUT2D eigenvalue weighted by Crippen LogP contribution is -2.30. The highest BCUT2D eigenvalue weighted by atomic mass is 19.1. The number of imidazole rings is 1. The second-order valence-electron chi connectivity index (χ2n) is 8.94. The minimum atomic E-state index is -1.05. The number of hydrogen-bond donors (Lipinski definition) is 2. The molecule has 1 fully saturated rings. The number of carbonyl (C=O) groups excluding carboxylic acids is 2. The van der Waals surface area contributed by atoms with Crippen LogP contribution in [0.3, 0.4) is 0 Å². The van der Waals surface area contributed by atoms with Crippen LogP contribution in [0.1, 0.15) is 17.2 Å². The molecule has 194 valence electrons. The normalized spacial score (nSPS) is 16.8. The van der Waals surface area contributed by atoms with Gasteiger partial charge in [-0.15, -0.1) is 0 Å². The van der Waals surface area contributed by atoms with Gasteiger partial charge in [0.25, 0.3) is 5.78 Å². The van der Waals surface area contributed by atoms with Crippen LogP contribution >= 0.6 is 0 Å². The van der Waals surface area contributed by atoms with Crippen LogP contribution in [-0.2, 0) is 9.59 Å². The van der Waals surface area contributed by atoms with Gasteiger partial charge in [-0.1, -0.05) is 12.1 Å². The lowest BCUT2D eigenvalue weighted by atomic mass is 9.95. The second-order valence-corrected chi connectivity index (χ2v) is 8.94. The van der Waals surface area contributed by atoms with Crippen LogP contribution in [0.15, 0.2) is 66.2 Å². The molecule has 0 spiro atoms. The van der Waals surface area contributed by atoms with Crippen LogP contribution in [0.4, 0.5) is 16.0 Å². The summed E-state index contributed by atoms with van der Waals surface area (Å²) in [5, 5.41) is 11.4. The maximum atomic E-state index is 14.2. The summed E-state index contributed by atoms with van der Waals surface area (Å²) >= 11 is 0. The van der Waals surface area contributed by atoms with Crippen LogP contribution in [-0.4, -0.2) is 55.1 Å². The molecule has 10 heteroatoms. The van der Waals surface area contributed by atoms with E-state index in [4.69, 9.17) is 9.47 Å². The molecule has 1 aliphatic heterocycles. The van der Waals surface area contributed by atoms with Crippen molar-refractivity contribution in [2.24, 2.45) is 0 Å². The Hall–Kier alpha value is -4.86. The lowest BCUT2D eigenvalue weighted by Gasteiger charge is -2.24. The molecule has 38 heavy (non-hydrogen) atoms. The number of Topliss-reactive ketones (excluding diaryl/α,β-unsaturated/α-hetero) is 1. The SMILES string of the molecule is COc1ccc2nc(N3C(=O)C(=O)/C(=C(/O)c4cc(F)ccc4OC)C3c3ccc(N(C)C)cc3)[nH]c2c1. The van der Waals surface area contributed by atoms with E-state index < -0.39 is 29.3 Å². The van der Waals surface area contributed by atoms with Crippen molar-refractivity contribution < 1.29 is 28.6 Å². The summed E-state index contributed by atoms with van der Waals surface area (Å²) in [6, 6.07) is 14.9. The summed E-state index contributed by atoms with van der Waals surface area (Å²) in [6.07, 6.45) is 0. The first-order chi connectivity index (χ1) is 18.2. The molecular formula is C28H25FN4O5. The summed E-state index contributed by atoms with van der Waals surface area (Å²) in [6.45, 7) is 0. The van der Waals surface area contributed by atoms with Crippen molar-refractivity contribution in [3.63, 3.8) is 0 Å². The molecule has 2 heterocycles. The number of aliphatic hydroxyl groups is 1. The predicted molar refractivity (Wildman–Crippen MR) is 141 cm³/mol. The zero-order chi connectivity index (χ0) is 27.1. The first kappa shape index (κ1) is 24.8. The number of methoxy groups -OCH3 is 2. The predicted octanol–water partition coefficient (Wildman–Crippen LogP) is 4.41. The number of aromatic amines is 1. The number of nitrogens with one attached hydrogen (secondary N) is 1. The molecular weight excluding hydrogens is 491 g/mol. The fraction of sp³-hybridized carbons (Fsp3) is 0.179. The summed E-state index contributed by atoms with van der Waals surface area (Å²) in [5.41, 5.74) is 2.33. The number of H-pyrrole nitrogens is 1. The van der Waals surface area contributed by atoms with Gasteiger partial charge in [-0.2, -0.15) is 0 Å². The Morgan fingerprint density at radius 3 is 2.42 bits per heavy atom. The third kappa shape index (κ3) is 4.09. The molecule has 1 unspecified atom stereocenters. The number of nitrogens with zero attached hydrogens (tertiary/aromatic N) is 3. The van der Waals surface area contributed by atoms with E-state index in [1.165, 1.54) is 31.3 Å². The molecule has 0 aliphatic carbocycles. The maximum Gasteiger partial charge on any atom is 0.302 e. The summed E-state index contributed by atoms with van der Waals surface area (Å²) in [5.74, 6) is -2.18. The molecule has 4 aromatic rings. The molecule has 0 saturated carbocycles. The van der Waals surface area contributed by atoms with Gasteiger partial charge in [0, 0.05) is 25.8 Å². The molecule has 1 amide bonds. The smallest absolute Gasteiger partial charge is 0.302 e. The minimum Gasteiger partial charge on any atom is -0.507 e. The number of hydrogen-bond acceptors (Lipinski definition) is 7. The highest BCUT2D eigenvalue weighted by Gasteiger charge is 2.48. The highest BCUT2D eigenvalue weighted by molar-refractivity contribution is 6.51. The van der Waals surface area contributed by atoms with Crippen molar-refractivity contribution in [1.29, 1.82) is 0 Å². The number of ether oxygens (including phenoxy) is 2. The summed E-state index contributed by atoms with van der Waals surface area (Å²) in [4.78, 5) is 37.7. The van der Waals surface area contributed by atoms with Gasteiger partial charge in [0.15, 0.2) is 0 Å². The Balaban J connectivity index is 1.74. The monoisotopic (exact) mass is 516 g/mol. The molecule has 0 bridgehead atoms. The van der Waals surface area contributed by atoms with E-state index in [0.29, 0.717) is 22.3 Å². The quantitative estimate of drug-likeness (QED) is 0.222. The number of benzene rings is 3. The number of ketones is 1. The number of aliphatic hydroxyl groups excluding tert-OH is 1. The molecule has 1 aliphatic rings. The standard InChI is InChI=1S/C28H25FN4O5/c1-32(2)17-8-5-15(6-9-17)24-23(25(34)19-13-16(29)7-12-22(19)38-4)26(35)27(36)33(24)28-30-20-11-10-18(37-3)14-21(20)31-28/h5-14,24,34H,1-4H3,(H,30,31)/b25-23+. The van der Waals surface area contributed by atoms with Crippen molar-refractivity contribution >= 4 is 40.1 Å². The van der Waals surface area contributed by atoms with Crippen LogP contribution in [0.2, 0.25) is 0 Å². The summed E-state index contributed by atoms with van der Waals surface area (Å²) < 4.78 is 24.8. The Kier molecular flexibility index (Phi) is 6.23. The lowest BCUT2D eigenvalue weighted by molar-refractivity contribution is -0.132. The van der Waals surface area contributed by atoms with Crippen molar-refractivity contribution in [2.45, 2.75) is 6.04 Å². The maximum absolute atomic E-state index is 14.2. The average molecular weight is 517 g/mol. The Bertz CT molecular complexity index is 1590. The van der Waals surface area contributed by atoms with E-state index in [0.717, 1.165) is 11.8 Å². The van der Waals surface area contributed by atoms with Gasteiger partial charge >= 0.3 is 5.91 Å². The van der Waals surface area contributed by atoms with Gasteiger partial charge in [-0.3, -0.25) is 14.5 Å². The molecule has 9 nitrogen and oxygen atoms in total. The van der Waals surface area contributed by atoms with Crippen molar-refractivity contribution in [3.8, 4) is 11.5 Å². The molecule has 5 rings (SSSR count). The van der Waals surface area contributed by atoms with E-state index >= 15 is 0 Å². The van der Waals surface area contributed by atoms with Crippen LogP contribution < -0.4 is 19.3 Å². The van der Waals surface area contributed by atoms with Crippen molar-refractivity contribution in [1.82, 2.24) is 9.97 Å². The molecule has 1 atom stereocenters. The first-order valence-electron chi connectivity index (χ1n) is 11.7. The molecule has 1 aromatic heterocycles. The number of aromatic nitrogens is 2. The average Bonchev–Trinajstić information content (AvgIpc) is 3.45. The zero-order valence-electron chi connectivity index (χ0n) is 21.2. The number of rotatable bonds is 6. The van der Waals surface area contributed by atoms with E-state index in [1.807, 2.05) is 31.1 Å². The van der Waals surface area contributed by atoms with E-state index in [2.05, 4.69) is 9.97 Å². The van der Waals surface area contributed by atoms with Crippen molar-refractivity contribution in [3.05, 3.63) is 83.2 Å². The number of fused-ring (bicyclic) bond motifs is 1. The van der Waals surface area contributed by atoms with Gasteiger partial charge in [0.2, 0.25) is 5.95 Å². The number of carbonyl (C=O) groups is 2. The fourth-order valence-electron chi connectivity index (χ4n) is 4.55. The van der Waals surface area contributed by atoms with Crippen molar-refractivity contribution in [2.75, 3.05) is 38.1 Å². The van der Waals surface area contributed by atoms with E-state index in [1.54, 1.807) is 30.3 Å². The number of anilines is 2. The molecule has 2 N–H and O–H groups in total. The summed E-state index contributed by atoms with van der Waals surface area (Å²) in [7, 11) is 6.68. The third-order valence-electron chi connectivity index (χ3n) is 6.49. The number of amides is 1. The van der Waals surface area contributed by atoms with Gasteiger partial charge < -0.3 is 24.5 Å². The van der Waals surface area contributed by atoms with Gasteiger partial charge in [-0.25, -0.2) is 9.37 Å². The molecule has 0 radical (unpaired) electrons. The van der Waals surface area contributed by atoms with Crippen LogP contribution in [0.5, 0.6) is 11.5 Å². The zero-order valence-corrected chi connectivity index (χ0v) is 21.2. The Morgan fingerprint density at radius 2 is 1.76 bits per heavy atom. The first-order valence-corrected chi connectivity index (χ1v) is 11.7. The topological polar surface area (TPSA) is 108 Å². The minimum absolute atomic E-state index is 0.0465. The van der Waals surface area contributed by atoms with Gasteiger partial charge in [0.05, 0.1) is 42.4 Å². The van der Waals surface area contributed by atoms with Crippen LogP contribution in [0, 0.1) is 5.82 Å². The Morgan fingerprint density at radius 1 is 1.03 bits per heavy atom.